The zero-order chi connectivity index (χ0) is 22.6. The van der Waals surface area contributed by atoms with Gasteiger partial charge in [-0.25, -0.2) is 0 Å². The van der Waals surface area contributed by atoms with Crippen molar-refractivity contribution < 1.29 is 14.3 Å². The van der Waals surface area contributed by atoms with Gasteiger partial charge < -0.3 is 20.3 Å². The molecular formula is C26H33N3O3. The molecule has 6 nitrogen and oxygen atoms in total. The Balaban J connectivity index is 1.49. The number of nitrogens with zero attached hydrogens (tertiary/aromatic N) is 2. The maximum atomic E-state index is 12.4. The van der Waals surface area contributed by atoms with Crippen molar-refractivity contribution in [1.82, 2.24) is 4.90 Å². The number of hydrogen-bond donors (Lipinski definition) is 1. The maximum Gasteiger partial charge on any atom is 0.223 e. The quantitative estimate of drug-likeness (QED) is 0.751. The van der Waals surface area contributed by atoms with Gasteiger partial charge in [-0.3, -0.25) is 9.59 Å². The van der Waals surface area contributed by atoms with Gasteiger partial charge in [0.05, 0.1) is 5.69 Å². The van der Waals surface area contributed by atoms with E-state index in [9.17, 15) is 9.59 Å². The Morgan fingerprint density at radius 1 is 0.938 bits per heavy atom. The van der Waals surface area contributed by atoms with E-state index in [1.807, 2.05) is 11.0 Å². The van der Waals surface area contributed by atoms with Crippen LogP contribution in [0.25, 0.3) is 0 Å². The predicted octanol–water partition coefficient (Wildman–Crippen LogP) is 3.66. The molecule has 0 saturated carbocycles. The number of carbonyl (C=O) groups is 2. The van der Waals surface area contributed by atoms with Crippen LogP contribution in [-0.4, -0.2) is 41.9 Å². The Kier molecular flexibility index (Phi) is 6.68. The van der Waals surface area contributed by atoms with Gasteiger partial charge in [-0.2, -0.15) is 0 Å². The van der Waals surface area contributed by atoms with E-state index in [0.717, 1.165) is 50.2 Å². The lowest BCUT2D eigenvalue weighted by Gasteiger charge is -2.41. The number of benzene rings is 2. The highest BCUT2D eigenvalue weighted by Crippen LogP contribution is 2.41. The van der Waals surface area contributed by atoms with Gasteiger partial charge >= 0.3 is 0 Å². The van der Waals surface area contributed by atoms with Crippen molar-refractivity contribution in [2.75, 3.05) is 24.5 Å². The number of para-hydroxylation sites is 2. The van der Waals surface area contributed by atoms with Crippen molar-refractivity contribution in [1.29, 1.82) is 0 Å². The van der Waals surface area contributed by atoms with Crippen LogP contribution in [0.15, 0.2) is 48.5 Å². The molecule has 0 bridgehead atoms. The number of anilines is 1. The number of piperidine rings is 1. The van der Waals surface area contributed by atoms with Crippen molar-refractivity contribution in [2.45, 2.75) is 57.6 Å². The molecule has 0 aromatic heterocycles. The molecule has 2 aromatic carbocycles. The molecule has 0 atom stereocenters. The van der Waals surface area contributed by atoms with Gasteiger partial charge in [0.25, 0.3) is 0 Å². The first-order valence-electron chi connectivity index (χ1n) is 11.7. The van der Waals surface area contributed by atoms with Crippen LogP contribution in [0.5, 0.6) is 5.75 Å². The van der Waals surface area contributed by atoms with E-state index in [0.29, 0.717) is 13.1 Å². The lowest BCUT2D eigenvalue weighted by molar-refractivity contribution is -0.136. The molecule has 1 saturated heterocycles. The standard InChI is InChI=1S/C26H33N3O3/c1-2-20-7-3-4-8-21(20)19-29-18-15-26(32-23-10-6-5-9-22(23)29)13-16-28(17-14-26)25(31)12-11-24(27)30/h3-10H,2,11-19H2,1H3,(H2,27,30). The van der Waals surface area contributed by atoms with E-state index < -0.39 is 5.91 Å². The number of fused-ring (bicyclic) bond motifs is 1. The van der Waals surface area contributed by atoms with Crippen LogP contribution in [0.3, 0.4) is 0 Å². The smallest absolute Gasteiger partial charge is 0.223 e. The van der Waals surface area contributed by atoms with Gasteiger partial charge in [-0.1, -0.05) is 43.3 Å². The van der Waals surface area contributed by atoms with E-state index in [1.54, 1.807) is 0 Å². The number of ether oxygens (including phenoxy) is 1. The summed E-state index contributed by atoms with van der Waals surface area (Å²) >= 11 is 0. The van der Waals surface area contributed by atoms with Crippen LogP contribution in [0.4, 0.5) is 5.69 Å². The lowest BCUT2D eigenvalue weighted by atomic mass is 9.87. The number of carbonyl (C=O) groups excluding carboxylic acids is 2. The second kappa shape index (κ2) is 9.63. The first-order valence-corrected chi connectivity index (χ1v) is 11.7. The number of rotatable bonds is 6. The summed E-state index contributed by atoms with van der Waals surface area (Å²) in [6.45, 7) is 5.27. The van der Waals surface area contributed by atoms with Crippen LogP contribution in [0.2, 0.25) is 0 Å². The van der Waals surface area contributed by atoms with Crippen molar-refractivity contribution in [3.05, 3.63) is 59.7 Å². The zero-order valence-corrected chi connectivity index (χ0v) is 18.9. The monoisotopic (exact) mass is 435 g/mol. The number of nitrogens with two attached hydrogens (primary N) is 1. The Morgan fingerprint density at radius 2 is 1.59 bits per heavy atom. The summed E-state index contributed by atoms with van der Waals surface area (Å²) in [5, 5.41) is 0. The number of aryl methyl sites for hydroxylation is 1. The Hall–Kier alpha value is -3.02. The molecule has 32 heavy (non-hydrogen) atoms. The molecule has 6 heteroatoms. The zero-order valence-electron chi connectivity index (χ0n) is 18.9. The molecule has 2 aliphatic heterocycles. The fourth-order valence-corrected chi connectivity index (χ4v) is 4.88. The molecule has 0 unspecified atom stereocenters. The number of primary amides is 1. The molecule has 2 heterocycles. The van der Waals surface area contributed by atoms with Crippen molar-refractivity contribution >= 4 is 17.5 Å². The molecule has 0 radical (unpaired) electrons. The third-order valence-corrected chi connectivity index (χ3v) is 6.84. The molecule has 2 aliphatic rings. The molecule has 1 fully saturated rings. The molecule has 170 valence electrons. The van der Waals surface area contributed by atoms with Crippen LogP contribution in [0.1, 0.15) is 50.2 Å². The van der Waals surface area contributed by atoms with Crippen LogP contribution >= 0.6 is 0 Å². The first kappa shape index (κ1) is 22.2. The average Bonchev–Trinajstić information content (AvgIpc) is 2.95. The number of hydrogen-bond acceptors (Lipinski definition) is 4. The van der Waals surface area contributed by atoms with E-state index in [1.165, 1.54) is 11.1 Å². The largest absolute Gasteiger partial charge is 0.485 e. The van der Waals surface area contributed by atoms with E-state index in [-0.39, 0.29) is 24.3 Å². The topological polar surface area (TPSA) is 75.9 Å². The van der Waals surface area contributed by atoms with Gasteiger partial charge in [0.2, 0.25) is 11.8 Å². The van der Waals surface area contributed by atoms with E-state index in [2.05, 4.69) is 54.3 Å². The predicted molar refractivity (Wildman–Crippen MR) is 126 cm³/mol. The lowest BCUT2D eigenvalue weighted by Crippen LogP contribution is -2.50. The van der Waals surface area contributed by atoms with Crippen LogP contribution < -0.4 is 15.4 Å². The Bertz CT molecular complexity index is 966. The van der Waals surface area contributed by atoms with E-state index in [4.69, 9.17) is 10.5 Å². The third kappa shape index (κ3) is 4.90. The fraction of sp³-hybridized carbons (Fsp3) is 0.462. The summed E-state index contributed by atoms with van der Waals surface area (Å²) in [5.41, 5.74) is 8.80. The SMILES string of the molecule is CCc1ccccc1CN1CCC2(CCN(C(=O)CCC(N)=O)CC2)Oc2ccccc21. The molecule has 2 N–H and O–H groups in total. The van der Waals surface area contributed by atoms with Crippen molar-refractivity contribution in [3.8, 4) is 5.75 Å². The van der Waals surface area contributed by atoms with E-state index >= 15 is 0 Å². The molecule has 1 spiro atoms. The maximum absolute atomic E-state index is 12.4. The van der Waals surface area contributed by atoms with Gasteiger partial charge in [-0.05, 0) is 29.7 Å². The van der Waals surface area contributed by atoms with Crippen molar-refractivity contribution in [2.24, 2.45) is 5.73 Å². The van der Waals surface area contributed by atoms with Crippen LogP contribution in [0, 0.1) is 0 Å². The summed E-state index contributed by atoms with van der Waals surface area (Å²) in [7, 11) is 0. The highest BCUT2D eigenvalue weighted by atomic mass is 16.5. The number of amides is 2. The van der Waals surface area contributed by atoms with Gasteiger partial charge in [0.1, 0.15) is 11.4 Å². The summed E-state index contributed by atoms with van der Waals surface area (Å²) in [6, 6.07) is 17.0. The highest BCUT2D eigenvalue weighted by molar-refractivity contribution is 5.83. The minimum atomic E-state index is -0.430. The van der Waals surface area contributed by atoms with Gasteiger partial charge in [-0.15, -0.1) is 0 Å². The van der Waals surface area contributed by atoms with Crippen molar-refractivity contribution in [3.63, 3.8) is 0 Å². The normalized spacial score (nSPS) is 17.4. The molecule has 2 amide bonds. The fourth-order valence-electron chi connectivity index (χ4n) is 4.88. The molecule has 4 rings (SSSR count). The minimum absolute atomic E-state index is 0.00507. The van der Waals surface area contributed by atoms with Crippen LogP contribution in [-0.2, 0) is 22.6 Å². The summed E-state index contributed by atoms with van der Waals surface area (Å²) in [4.78, 5) is 27.7. The Labute approximate surface area is 190 Å². The third-order valence-electron chi connectivity index (χ3n) is 6.84. The van der Waals surface area contributed by atoms with Gasteiger partial charge in [0, 0.05) is 58.3 Å². The second-order valence-electron chi connectivity index (χ2n) is 8.89. The summed E-state index contributed by atoms with van der Waals surface area (Å²) in [5.74, 6) is 0.498. The summed E-state index contributed by atoms with van der Waals surface area (Å²) in [6.07, 6.45) is 3.83. The molecule has 0 aliphatic carbocycles. The summed E-state index contributed by atoms with van der Waals surface area (Å²) < 4.78 is 6.68. The highest BCUT2D eigenvalue weighted by Gasteiger charge is 2.40. The number of likely N-dealkylation sites (tertiary alicyclic amines) is 1. The average molecular weight is 436 g/mol. The van der Waals surface area contributed by atoms with Gasteiger partial charge in [0.15, 0.2) is 0 Å². The first-order chi connectivity index (χ1) is 15.5. The minimum Gasteiger partial charge on any atom is -0.485 e. The Morgan fingerprint density at radius 3 is 2.31 bits per heavy atom. The molecular weight excluding hydrogens is 402 g/mol. The second-order valence-corrected chi connectivity index (χ2v) is 8.89. The molecule has 2 aromatic rings.